The van der Waals surface area contributed by atoms with E-state index in [1.165, 1.54) is 6.26 Å². The molecule has 4 nitrogen and oxygen atoms in total. The molecule has 0 aliphatic carbocycles. The fourth-order valence-corrected chi connectivity index (χ4v) is 2.71. The standard InChI is InChI=1S/C13H19BrN2O2/c1-2-15-9-10-3-6-16(7-4-10)13(17)11-5-8-18-12(11)14/h5,8,10,15H,2-4,6-7,9H2,1H3. The Hall–Kier alpha value is -0.810. The molecular formula is C13H19BrN2O2. The molecule has 1 saturated heterocycles. The summed E-state index contributed by atoms with van der Waals surface area (Å²) in [5.74, 6) is 0.763. The van der Waals surface area contributed by atoms with Crippen molar-refractivity contribution < 1.29 is 9.21 Å². The number of amides is 1. The predicted octanol–water partition coefficient (Wildman–Crippen LogP) is 2.50. The van der Waals surface area contributed by atoms with Gasteiger partial charge < -0.3 is 14.6 Å². The summed E-state index contributed by atoms with van der Waals surface area (Å²) in [4.78, 5) is 14.1. The fraction of sp³-hybridized carbons (Fsp3) is 0.615. The molecule has 1 aliphatic heterocycles. The van der Waals surface area contributed by atoms with Crippen molar-refractivity contribution in [1.82, 2.24) is 10.2 Å². The molecule has 1 aromatic rings. The summed E-state index contributed by atoms with van der Waals surface area (Å²) in [5.41, 5.74) is 0.625. The number of nitrogens with one attached hydrogen (secondary N) is 1. The maximum Gasteiger partial charge on any atom is 0.258 e. The minimum Gasteiger partial charge on any atom is -0.457 e. The molecule has 0 atom stereocenters. The highest BCUT2D eigenvalue weighted by molar-refractivity contribution is 9.10. The molecule has 1 aromatic heterocycles. The third-order valence-electron chi connectivity index (χ3n) is 3.43. The Morgan fingerprint density at radius 2 is 2.28 bits per heavy atom. The molecule has 1 amide bonds. The van der Waals surface area contributed by atoms with Crippen LogP contribution in [0.25, 0.3) is 0 Å². The van der Waals surface area contributed by atoms with Crippen LogP contribution in [0.1, 0.15) is 30.1 Å². The molecule has 0 spiro atoms. The van der Waals surface area contributed by atoms with Crippen LogP contribution < -0.4 is 5.32 Å². The summed E-state index contributed by atoms with van der Waals surface area (Å²) in [6, 6.07) is 1.72. The van der Waals surface area contributed by atoms with Gasteiger partial charge in [0.1, 0.15) is 0 Å². The number of carbonyl (C=O) groups is 1. The van der Waals surface area contributed by atoms with E-state index in [0.717, 1.165) is 39.0 Å². The van der Waals surface area contributed by atoms with Gasteiger partial charge >= 0.3 is 0 Å². The first-order valence-corrected chi connectivity index (χ1v) is 7.24. The van der Waals surface area contributed by atoms with Crippen molar-refractivity contribution in [2.45, 2.75) is 19.8 Å². The number of furan rings is 1. The van der Waals surface area contributed by atoms with Crippen molar-refractivity contribution in [3.05, 3.63) is 22.6 Å². The topological polar surface area (TPSA) is 45.5 Å². The highest BCUT2D eigenvalue weighted by atomic mass is 79.9. The van der Waals surface area contributed by atoms with Crippen LogP contribution in [0, 0.1) is 5.92 Å². The van der Waals surface area contributed by atoms with Gasteiger partial charge in [-0.3, -0.25) is 4.79 Å². The van der Waals surface area contributed by atoms with Crippen molar-refractivity contribution >= 4 is 21.8 Å². The average molecular weight is 315 g/mol. The van der Waals surface area contributed by atoms with Gasteiger partial charge in [0.05, 0.1) is 11.8 Å². The second kappa shape index (κ2) is 6.38. The Labute approximate surface area is 116 Å². The van der Waals surface area contributed by atoms with E-state index in [-0.39, 0.29) is 5.91 Å². The Balaban J connectivity index is 1.86. The van der Waals surface area contributed by atoms with Crippen LogP contribution in [0.5, 0.6) is 0 Å². The maximum atomic E-state index is 12.2. The summed E-state index contributed by atoms with van der Waals surface area (Å²) in [7, 11) is 0. The van der Waals surface area contributed by atoms with Gasteiger partial charge in [0.15, 0.2) is 4.67 Å². The van der Waals surface area contributed by atoms with E-state index in [2.05, 4.69) is 28.2 Å². The van der Waals surface area contributed by atoms with Crippen LogP contribution in [0.3, 0.4) is 0 Å². The van der Waals surface area contributed by atoms with Crippen LogP contribution in [0.4, 0.5) is 0 Å². The zero-order chi connectivity index (χ0) is 13.0. The SMILES string of the molecule is CCNCC1CCN(C(=O)c2ccoc2Br)CC1. The Morgan fingerprint density at radius 3 is 2.83 bits per heavy atom. The molecule has 0 bridgehead atoms. The van der Waals surface area contributed by atoms with Gasteiger partial charge in [0.25, 0.3) is 5.91 Å². The van der Waals surface area contributed by atoms with Crippen LogP contribution in [0.15, 0.2) is 21.4 Å². The Morgan fingerprint density at radius 1 is 1.56 bits per heavy atom. The summed E-state index contributed by atoms with van der Waals surface area (Å²) in [5, 5.41) is 3.37. The molecule has 1 N–H and O–H groups in total. The van der Waals surface area contributed by atoms with Crippen molar-refractivity contribution in [2.75, 3.05) is 26.2 Å². The van der Waals surface area contributed by atoms with Crippen molar-refractivity contribution in [3.63, 3.8) is 0 Å². The summed E-state index contributed by atoms with van der Waals surface area (Å²) >= 11 is 3.26. The van der Waals surface area contributed by atoms with Crippen LogP contribution in [-0.2, 0) is 0 Å². The van der Waals surface area contributed by atoms with Crippen LogP contribution >= 0.6 is 15.9 Å². The average Bonchev–Trinajstić information content (AvgIpc) is 2.82. The normalized spacial score (nSPS) is 17.1. The van der Waals surface area contributed by atoms with Gasteiger partial charge in [0, 0.05) is 13.1 Å². The van der Waals surface area contributed by atoms with E-state index in [1.54, 1.807) is 6.07 Å². The third-order valence-corrected chi connectivity index (χ3v) is 4.05. The molecule has 0 radical (unpaired) electrons. The number of nitrogens with zero attached hydrogens (tertiary/aromatic N) is 1. The Kier molecular flexibility index (Phi) is 4.83. The minimum atomic E-state index is 0.0672. The van der Waals surface area contributed by atoms with Gasteiger partial charge in [-0.05, 0) is 53.8 Å². The lowest BCUT2D eigenvalue weighted by Gasteiger charge is -2.32. The molecule has 5 heteroatoms. The lowest BCUT2D eigenvalue weighted by molar-refractivity contribution is 0.0688. The molecule has 2 rings (SSSR count). The van der Waals surface area contributed by atoms with Crippen molar-refractivity contribution in [3.8, 4) is 0 Å². The largest absolute Gasteiger partial charge is 0.457 e. The number of halogens is 1. The smallest absolute Gasteiger partial charge is 0.258 e. The van der Waals surface area contributed by atoms with E-state index >= 15 is 0 Å². The van der Waals surface area contributed by atoms with E-state index in [4.69, 9.17) is 4.42 Å². The number of likely N-dealkylation sites (tertiary alicyclic amines) is 1. The third kappa shape index (κ3) is 3.14. The second-order valence-corrected chi connectivity index (χ2v) is 5.37. The van der Waals surface area contributed by atoms with Crippen LogP contribution in [0.2, 0.25) is 0 Å². The molecule has 1 aliphatic rings. The predicted molar refractivity (Wildman–Crippen MR) is 73.6 cm³/mol. The lowest BCUT2D eigenvalue weighted by atomic mass is 9.96. The first-order chi connectivity index (χ1) is 8.72. The van der Waals surface area contributed by atoms with Gasteiger partial charge in [-0.15, -0.1) is 0 Å². The van der Waals surface area contributed by atoms with Crippen molar-refractivity contribution in [1.29, 1.82) is 0 Å². The quantitative estimate of drug-likeness (QED) is 0.928. The molecule has 100 valence electrons. The van der Waals surface area contributed by atoms with Gasteiger partial charge in [-0.2, -0.15) is 0 Å². The molecule has 2 heterocycles. The molecule has 0 aromatic carbocycles. The number of carbonyl (C=O) groups excluding carboxylic acids is 1. The first kappa shape index (κ1) is 13.6. The molecule has 0 saturated carbocycles. The van der Waals surface area contributed by atoms with Gasteiger partial charge in [0.2, 0.25) is 0 Å². The maximum absolute atomic E-state index is 12.2. The summed E-state index contributed by atoms with van der Waals surface area (Å²) in [6.45, 7) is 5.88. The number of piperidine rings is 1. The minimum absolute atomic E-state index is 0.0672. The number of hydrogen-bond donors (Lipinski definition) is 1. The first-order valence-electron chi connectivity index (χ1n) is 6.45. The Bertz CT molecular complexity index is 397. The van der Waals surface area contributed by atoms with E-state index in [1.807, 2.05) is 4.90 Å². The van der Waals surface area contributed by atoms with Gasteiger partial charge in [-0.1, -0.05) is 6.92 Å². The fourth-order valence-electron chi connectivity index (χ4n) is 2.31. The lowest BCUT2D eigenvalue weighted by Crippen LogP contribution is -2.40. The van der Waals surface area contributed by atoms with Gasteiger partial charge in [-0.25, -0.2) is 0 Å². The monoisotopic (exact) mass is 314 g/mol. The highest BCUT2D eigenvalue weighted by Gasteiger charge is 2.25. The highest BCUT2D eigenvalue weighted by Crippen LogP contribution is 2.23. The second-order valence-electron chi connectivity index (χ2n) is 4.65. The zero-order valence-corrected chi connectivity index (χ0v) is 12.2. The molecule has 0 unspecified atom stereocenters. The zero-order valence-electron chi connectivity index (χ0n) is 10.6. The van der Waals surface area contributed by atoms with E-state index in [9.17, 15) is 4.79 Å². The van der Waals surface area contributed by atoms with Crippen molar-refractivity contribution in [2.24, 2.45) is 5.92 Å². The summed E-state index contributed by atoms with van der Waals surface area (Å²) < 4.78 is 5.64. The van der Waals surface area contributed by atoms with E-state index < -0.39 is 0 Å². The summed E-state index contributed by atoms with van der Waals surface area (Å²) in [6.07, 6.45) is 3.69. The number of hydrogen-bond acceptors (Lipinski definition) is 3. The molecule has 1 fully saturated rings. The molecular weight excluding hydrogens is 296 g/mol. The molecule has 18 heavy (non-hydrogen) atoms. The number of rotatable bonds is 4. The van der Waals surface area contributed by atoms with E-state index in [0.29, 0.717) is 16.2 Å². The van der Waals surface area contributed by atoms with Crippen LogP contribution in [-0.4, -0.2) is 37.0 Å².